The van der Waals surface area contributed by atoms with Gasteiger partial charge in [-0.2, -0.15) is 0 Å². The van der Waals surface area contributed by atoms with Crippen molar-refractivity contribution in [3.63, 3.8) is 0 Å². The topological polar surface area (TPSA) is 55.8 Å². The molecule has 3 aromatic rings. The van der Waals surface area contributed by atoms with Crippen LogP contribution in [0.2, 0.25) is 0 Å². The number of esters is 1. The highest BCUT2D eigenvalue weighted by Crippen LogP contribution is 2.38. The van der Waals surface area contributed by atoms with Crippen LogP contribution in [0.4, 0.5) is 13.2 Å². The van der Waals surface area contributed by atoms with Gasteiger partial charge in [0.1, 0.15) is 6.10 Å². The summed E-state index contributed by atoms with van der Waals surface area (Å²) in [4.78, 5) is 12.5. The lowest BCUT2D eigenvalue weighted by Crippen LogP contribution is -2.24. The Morgan fingerprint density at radius 1 is 0.947 bits per heavy atom. The molecule has 1 unspecified atom stereocenters. The molecule has 3 aromatic carbocycles. The molecule has 4 nitrogen and oxygen atoms in total. The molecular weight excluding hydrogens is 493 g/mol. The van der Waals surface area contributed by atoms with E-state index in [1.165, 1.54) is 12.1 Å². The first-order chi connectivity index (χ1) is 18.3. The largest absolute Gasteiger partial charge is 0.491 e. The van der Waals surface area contributed by atoms with Crippen LogP contribution in [0, 0.1) is 17.5 Å². The van der Waals surface area contributed by atoms with Crippen LogP contribution < -0.4 is 4.74 Å². The second-order valence-corrected chi connectivity index (χ2v) is 9.71. The molecule has 0 spiro atoms. The van der Waals surface area contributed by atoms with Gasteiger partial charge in [0.25, 0.3) is 0 Å². The van der Waals surface area contributed by atoms with Crippen LogP contribution in [0.1, 0.15) is 85.9 Å². The Bertz CT molecular complexity index is 1250. The van der Waals surface area contributed by atoms with Gasteiger partial charge >= 0.3 is 5.97 Å². The molecule has 0 aromatic heterocycles. The van der Waals surface area contributed by atoms with Crippen LogP contribution in [0.5, 0.6) is 5.75 Å². The lowest BCUT2D eigenvalue weighted by Gasteiger charge is -2.29. The molecule has 1 atom stereocenters. The Morgan fingerprint density at radius 2 is 1.66 bits per heavy atom. The molecule has 0 saturated heterocycles. The highest BCUT2D eigenvalue weighted by molar-refractivity contribution is 5.89. The van der Waals surface area contributed by atoms with Gasteiger partial charge < -0.3 is 14.6 Å². The van der Waals surface area contributed by atoms with Crippen molar-refractivity contribution in [2.24, 2.45) is 0 Å². The van der Waals surface area contributed by atoms with E-state index in [0.29, 0.717) is 49.8 Å². The molecule has 1 aliphatic carbocycles. The predicted molar refractivity (Wildman–Crippen MR) is 140 cm³/mol. The van der Waals surface area contributed by atoms with Gasteiger partial charge in [-0.25, -0.2) is 18.0 Å². The van der Waals surface area contributed by atoms with E-state index in [0.717, 1.165) is 18.1 Å². The molecule has 7 heteroatoms. The maximum Gasteiger partial charge on any atom is 0.338 e. The molecular formula is C31H33F3O4. The lowest BCUT2D eigenvalue weighted by atomic mass is 9.82. The van der Waals surface area contributed by atoms with Gasteiger partial charge in [0.05, 0.1) is 18.3 Å². The summed E-state index contributed by atoms with van der Waals surface area (Å²) in [5.74, 6) is -3.12. The Morgan fingerprint density at radius 3 is 2.29 bits per heavy atom. The zero-order valence-corrected chi connectivity index (χ0v) is 21.7. The van der Waals surface area contributed by atoms with Crippen molar-refractivity contribution in [1.82, 2.24) is 0 Å². The fourth-order valence-electron chi connectivity index (χ4n) is 5.04. The third-order valence-electron chi connectivity index (χ3n) is 7.14. The van der Waals surface area contributed by atoms with Crippen LogP contribution in [-0.2, 0) is 4.74 Å². The van der Waals surface area contributed by atoms with Gasteiger partial charge in [0, 0.05) is 5.56 Å². The number of carbonyl (C=O) groups excluding carboxylic acids is 1. The Balaban J connectivity index is 1.38. The number of carbonyl (C=O) groups is 1. The first-order valence-corrected chi connectivity index (χ1v) is 13.2. The summed E-state index contributed by atoms with van der Waals surface area (Å²) in [6, 6.07) is 14.1. The molecule has 202 valence electrons. The van der Waals surface area contributed by atoms with Gasteiger partial charge in [0.15, 0.2) is 23.2 Å². The Kier molecular flexibility index (Phi) is 9.10. The van der Waals surface area contributed by atoms with Crippen LogP contribution in [-0.4, -0.2) is 23.8 Å². The minimum absolute atomic E-state index is 0.0765. The maximum atomic E-state index is 15.1. The summed E-state index contributed by atoms with van der Waals surface area (Å²) in [5.41, 5.74) is 1.89. The average molecular weight is 527 g/mol. The summed E-state index contributed by atoms with van der Waals surface area (Å²) in [6.45, 7) is 4.04. The predicted octanol–water partition coefficient (Wildman–Crippen LogP) is 7.89. The first-order valence-electron chi connectivity index (χ1n) is 13.2. The van der Waals surface area contributed by atoms with Crippen LogP contribution in [0.3, 0.4) is 0 Å². The standard InChI is InChI=1S/C31H33F3O4/c1-3-5-27(35)21-8-6-19(7-9-21)24-15-16-25(30(34)29(24)33)20-10-13-23(14-11-20)38-31(36)22-12-17-28(37-4-2)26(32)18-22/h6-9,12,15-18,20,23,27,35H,3-5,10-11,13-14H2,1-2H3. The van der Waals surface area contributed by atoms with Gasteiger partial charge in [-0.05, 0) is 79.8 Å². The van der Waals surface area contributed by atoms with E-state index in [-0.39, 0.29) is 28.9 Å². The van der Waals surface area contributed by atoms with Gasteiger partial charge in [-0.1, -0.05) is 49.7 Å². The number of halogens is 3. The van der Waals surface area contributed by atoms with Crippen LogP contribution in [0.15, 0.2) is 54.6 Å². The van der Waals surface area contributed by atoms with Crippen LogP contribution >= 0.6 is 0 Å². The number of ether oxygens (including phenoxy) is 2. The molecule has 4 rings (SSSR count). The molecule has 1 aliphatic rings. The molecule has 1 saturated carbocycles. The fourth-order valence-corrected chi connectivity index (χ4v) is 5.04. The Labute approximate surface area is 221 Å². The molecule has 0 bridgehead atoms. The van der Waals surface area contributed by atoms with Crippen molar-refractivity contribution in [3.8, 4) is 16.9 Å². The number of hydrogen-bond acceptors (Lipinski definition) is 4. The summed E-state index contributed by atoms with van der Waals surface area (Å²) < 4.78 is 55.0. The zero-order valence-electron chi connectivity index (χ0n) is 21.7. The van der Waals surface area contributed by atoms with Crippen molar-refractivity contribution in [2.75, 3.05) is 6.61 Å². The first kappa shape index (κ1) is 27.7. The monoisotopic (exact) mass is 526 g/mol. The molecule has 0 aliphatic heterocycles. The summed E-state index contributed by atoms with van der Waals surface area (Å²) in [6.07, 6.45) is 2.61. The van der Waals surface area contributed by atoms with Gasteiger partial charge in [-0.15, -0.1) is 0 Å². The normalized spacial score (nSPS) is 18.2. The summed E-state index contributed by atoms with van der Waals surface area (Å²) in [5, 5.41) is 10.1. The number of hydrogen-bond donors (Lipinski definition) is 1. The van der Waals surface area contributed by atoms with E-state index >= 15 is 8.78 Å². The fraction of sp³-hybridized carbons (Fsp3) is 0.387. The Hall–Kier alpha value is -3.32. The number of aliphatic hydroxyl groups excluding tert-OH is 1. The van der Waals surface area contributed by atoms with Crippen molar-refractivity contribution in [1.29, 1.82) is 0 Å². The molecule has 0 heterocycles. The van der Waals surface area contributed by atoms with E-state index in [1.54, 1.807) is 43.3 Å². The molecule has 0 radical (unpaired) electrons. The molecule has 1 fully saturated rings. The maximum absolute atomic E-state index is 15.1. The number of rotatable bonds is 9. The minimum Gasteiger partial charge on any atom is -0.491 e. The van der Waals surface area contributed by atoms with Crippen molar-refractivity contribution in [3.05, 3.63) is 88.7 Å². The smallest absolute Gasteiger partial charge is 0.338 e. The van der Waals surface area contributed by atoms with E-state index in [2.05, 4.69) is 0 Å². The molecule has 1 N–H and O–H groups in total. The molecule has 38 heavy (non-hydrogen) atoms. The van der Waals surface area contributed by atoms with E-state index in [4.69, 9.17) is 9.47 Å². The van der Waals surface area contributed by atoms with E-state index < -0.39 is 29.5 Å². The van der Waals surface area contributed by atoms with Crippen molar-refractivity contribution in [2.45, 2.75) is 70.5 Å². The summed E-state index contributed by atoms with van der Waals surface area (Å²) in [7, 11) is 0. The number of aliphatic hydroxyl groups is 1. The van der Waals surface area contributed by atoms with E-state index in [9.17, 15) is 14.3 Å². The third kappa shape index (κ3) is 6.21. The second-order valence-electron chi connectivity index (χ2n) is 9.71. The second kappa shape index (κ2) is 12.5. The highest BCUT2D eigenvalue weighted by atomic mass is 19.2. The zero-order chi connectivity index (χ0) is 27.2. The number of benzene rings is 3. The SMILES string of the molecule is CCCC(O)c1ccc(-c2ccc(C3CCC(OC(=O)c4ccc(OCC)c(F)c4)CC3)c(F)c2F)cc1. The summed E-state index contributed by atoms with van der Waals surface area (Å²) >= 11 is 0. The quantitative estimate of drug-likeness (QED) is 0.288. The lowest BCUT2D eigenvalue weighted by molar-refractivity contribution is 0.0193. The average Bonchev–Trinajstić information content (AvgIpc) is 2.92. The molecule has 0 amide bonds. The van der Waals surface area contributed by atoms with Gasteiger partial charge in [0.2, 0.25) is 0 Å². The minimum atomic E-state index is -0.893. The van der Waals surface area contributed by atoms with E-state index in [1.807, 2.05) is 6.92 Å². The highest BCUT2D eigenvalue weighted by Gasteiger charge is 2.29. The van der Waals surface area contributed by atoms with Crippen molar-refractivity contribution >= 4 is 5.97 Å². The van der Waals surface area contributed by atoms with Crippen LogP contribution in [0.25, 0.3) is 11.1 Å². The van der Waals surface area contributed by atoms with Gasteiger partial charge in [-0.3, -0.25) is 0 Å². The van der Waals surface area contributed by atoms with Crippen molar-refractivity contribution < 1.29 is 32.5 Å². The third-order valence-corrected chi connectivity index (χ3v) is 7.14.